The van der Waals surface area contributed by atoms with Gasteiger partial charge in [0.15, 0.2) is 0 Å². The number of rotatable bonds is 9. The number of hydrogen-bond acceptors (Lipinski definition) is 6. The molecule has 0 aromatic heterocycles. The first kappa shape index (κ1) is 26.0. The minimum atomic E-state index is -4.08. The maximum absolute atomic E-state index is 13.5. The average molecular weight is 511 g/mol. The second kappa shape index (κ2) is 10.9. The van der Waals surface area contributed by atoms with Crippen LogP contribution in [0.25, 0.3) is 10.8 Å². The molecule has 192 valence electrons. The molecule has 0 saturated heterocycles. The molecule has 0 fully saturated rings. The van der Waals surface area contributed by atoms with Crippen molar-refractivity contribution in [3.63, 3.8) is 0 Å². The standard InChI is InChI=1S/C28H34N2O5S/c1-28(2,3)35-27(31)30(36(32,33)25-15-14-21-10-4-5-11-22(21)19-25)17-9-8-16-29-20-24-18-23-12-6-7-13-26(23)34-24/h4-7,10-15,19,24,29H,8-9,16-18,20H2,1-3H3. The highest BCUT2D eigenvalue weighted by molar-refractivity contribution is 7.89. The Labute approximate surface area is 213 Å². The first-order valence-corrected chi connectivity index (χ1v) is 13.8. The molecule has 0 bridgehead atoms. The third-order valence-corrected chi connectivity index (χ3v) is 7.72. The normalized spacial score (nSPS) is 15.4. The van der Waals surface area contributed by atoms with Crippen molar-refractivity contribution in [3.05, 3.63) is 72.3 Å². The third-order valence-electron chi connectivity index (χ3n) is 5.96. The Morgan fingerprint density at radius 2 is 1.75 bits per heavy atom. The number of amides is 1. The molecule has 1 heterocycles. The number of benzene rings is 3. The molecule has 3 aromatic rings. The first-order chi connectivity index (χ1) is 17.1. The van der Waals surface area contributed by atoms with Crippen LogP contribution in [0.4, 0.5) is 4.79 Å². The third kappa shape index (κ3) is 6.36. The van der Waals surface area contributed by atoms with E-state index < -0.39 is 21.7 Å². The van der Waals surface area contributed by atoms with Gasteiger partial charge in [0.25, 0.3) is 10.0 Å². The van der Waals surface area contributed by atoms with Crippen LogP contribution in [0, 0.1) is 0 Å². The van der Waals surface area contributed by atoms with Gasteiger partial charge in [-0.3, -0.25) is 0 Å². The summed E-state index contributed by atoms with van der Waals surface area (Å²) in [4.78, 5) is 13.0. The summed E-state index contributed by atoms with van der Waals surface area (Å²) in [5, 5.41) is 5.11. The van der Waals surface area contributed by atoms with Crippen molar-refractivity contribution in [2.45, 2.75) is 56.6 Å². The molecule has 36 heavy (non-hydrogen) atoms. The first-order valence-electron chi connectivity index (χ1n) is 12.3. The number of nitrogens with one attached hydrogen (secondary N) is 1. The lowest BCUT2D eigenvalue weighted by atomic mass is 10.1. The Kier molecular flexibility index (Phi) is 7.85. The van der Waals surface area contributed by atoms with Gasteiger partial charge in [-0.1, -0.05) is 48.5 Å². The molecule has 1 unspecified atom stereocenters. The predicted octanol–water partition coefficient (Wildman–Crippen LogP) is 5.14. The Morgan fingerprint density at radius 3 is 2.50 bits per heavy atom. The number of para-hydroxylation sites is 1. The van der Waals surface area contributed by atoms with Gasteiger partial charge in [-0.2, -0.15) is 0 Å². The molecule has 0 aliphatic carbocycles. The topological polar surface area (TPSA) is 84.9 Å². The molecule has 3 aromatic carbocycles. The van der Waals surface area contributed by atoms with Gasteiger partial charge in [-0.05, 0) is 74.7 Å². The van der Waals surface area contributed by atoms with E-state index in [1.165, 1.54) is 11.6 Å². The van der Waals surface area contributed by atoms with Crippen molar-refractivity contribution in [1.29, 1.82) is 0 Å². The van der Waals surface area contributed by atoms with Crippen molar-refractivity contribution in [1.82, 2.24) is 9.62 Å². The highest BCUT2D eigenvalue weighted by atomic mass is 32.2. The molecule has 0 spiro atoms. The Morgan fingerprint density at radius 1 is 1.03 bits per heavy atom. The maximum Gasteiger partial charge on any atom is 0.424 e. The molecule has 1 atom stereocenters. The van der Waals surface area contributed by atoms with Crippen molar-refractivity contribution in [2.24, 2.45) is 0 Å². The summed E-state index contributed by atoms with van der Waals surface area (Å²) in [7, 11) is -4.08. The highest BCUT2D eigenvalue weighted by Crippen LogP contribution is 2.28. The van der Waals surface area contributed by atoms with Gasteiger partial charge in [-0.25, -0.2) is 17.5 Å². The number of sulfonamides is 1. The number of nitrogens with zero attached hydrogens (tertiary/aromatic N) is 1. The van der Waals surface area contributed by atoms with Gasteiger partial charge < -0.3 is 14.8 Å². The zero-order valence-corrected chi connectivity index (χ0v) is 21.9. The fourth-order valence-electron chi connectivity index (χ4n) is 4.21. The largest absolute Gasteiger partial charge is 0.488 e. The van der Waals surface area contributed by atoms with Gasteiger partial charge in [0.1, 0.15) is 17.5 Å². The van der Waals surface area contributed by atoms with Crippen molar-refractivity contribution < 1.29 is 22.7 Å². The lowest BCUT2D eigenvalue weighted by molar-refractivity contribution is 0.0389. The van der Waals surface area contributed by atoms with Gasteiger partial charge >= 0.3 is 6.09 Å². The van der Waals surface area contributed by atoms with Gasteiger partial charge in [0, 0.05) is 19.5 Å². The van der Waals surface area contributed by atoms with E-state index in [1.807, 2.05) is 42.5 Å². The zero-order chi connectivity index (χ0) is 25.8. The lowest BCUT2D eigenvalue weighted by Crippen LogP contribution is -2.41. The van der Waals surface area contributed by atoms with Gasteiger partial charge in [0.05, 0.1) is 4.90 Å². The van der Waals surface area contributed by atoms with Crippen LogP contribution in [0.3, 0.4) is 0 Å². The van der Waals surface area contributed by atoms with Crippen LogP contribution in [-0.2, 0) is 21.2 Å². The molecule has 4 rings (SSSR count). The van der Waals surface area contributed by atoms with Crippen LogP contribution in [0.5, 0.6) is 5.75 Å². The van der Waals surface area contributed by atoms with Crippen molar-refractivity contribution >= 4 is 26.9 Å². The summed E-state index contributed by atoms with van der Waals surface area (Å²) in [6.45, 7) is 6.60. The zero-order valence-electron chi connectivity index (χ0n) is 21.1. The number of hydrogen-bond donors (Lipinski definition) is 1. The maximum atomic E-state index is 13.5. The molecule has 8 heteroatoms. The summed E-state index contributed by atoms with van der Waals surface area (Å²) in [5.74, 6) is 0.941. The number of fused-ring (bicyclic) bond motifs is 2. The van der Waals surface area contributed by atoms with E-state index in [0.29, 0.717) is 25.9 Å². The van der Waals surface area contributed by atoms with Crippen LogP contribution >= 0.6 is 0 Å². The second-order valence-corrected chi connectivity index (χ2v) is 11.9. The number of unbranched alkanes of at least 4 members (excludes halogenated alkanes) is 1. The van der Waals surface area contributed by atoms with Crippen molar-refractivity contribution in [2.75, 3.05) is 19.6 Å². The smallest absolute Gasteiger partial charge is 0.424 e. The Bertz CT molecular complexity index is 1290. The van der Waals surface area contributed by atoms with Crippen LogP contribution in [0.1, 0.15) is 39.2 Å². The highest BCUT2D eigenvalue weighted by Gasteiger charge is 2.33. The van der Waals surface area contributed by atoms with Gasteiger partial charge in [-0.15, -0.1) is 0 Å². The molecule has 1 aliphatic heterocycles. The fraction of sp³-hybridized carbons (Fsp3) is 0.393. The number of carbonyl (C=O) groups excluding carboxylic acids is 1. The fourth-order valence-corrected chi connectivity index (χ4v) is 5.59. The van der Waals surface area contributed by atoms with Crippen LogP contribution in [0.15, 0.2) is 71.6 Å². The van der Waals surface area contributed by atoms with Gasteiger partial charge in [0.2, 0.25) is 0 Å². The molecule has 0 radical (unpaired) electrons. The van der Waals surface area contributed by atoms with E-state index >= 15 is 0 Å². The monoisotopic (exact) mass is 510 g/mol. The SMILES string of the molecule is CC(C)(C)OC(=O)N(CCCCNCC1Cc2ccccc2O1)S(=O)(=O)c1ccc2ccccc2c1. The van der Waals surface area contributed by atoms with E-state index in [0.717, 1.165) is 27.2 Å². The average Bonchev–Trinajstić information content (AvgIpc) is 3.24. The summed E-state index contributed by atoms with van der Waals surface area (Å²) in [6.07, 6.45) is 1.31. The molecule has 1 N–H and O–H groups in total. The second-order valence-electron chi connectivity index (χ2n) is 10.0. The molecule has 1 aliphatic rings. The molecular formula is C28H34N2O5S. The van der Waals surface area contributed by atoms with Crippen LogP contribution in [-0.4, -0.2) is 50.2 Å². The molecule has 0 saturated carbocycles. The number of ether oxygens (including phenoxy) is 2. The molecule has 1 amide bonds. The Hall–Kier alpha value is -3.10. The van der Waals surface area contributed by atoms with E-state index in [9.17, 15) is 13.2 Å². The quantitative estimate of drug-likeness (QED) is 0.401. The minimum absolute atomic E-state index is 0.0388. The lowest BCUT2D eigenvalue weighted by Gasteiger charge is -2.27. The van der Waals surface area contributed by atoms with E-state index in [2.05, 4.69) is 11.4 Å². The predicted molar refractivity (Wildman–Crippen MR) is 141 cm³/mol. The minimum Gasteiger partial charge on any atom is -0.488 e. The summed E-state index contributed by atoms with van der Waals surface area (Å²) >= 11 is 0. The summed E-state index contributed by atoms with van der Waals surface area (Å²) < 4.78 is 39.2. The van der Waals surface area contributed by atoms with E-state index in [4.69, 9.17) is 9.47 Å². The summed E-state index contributed by atoms with van der Waals surface area (Å²) in [6, 6.07) is 20.5. The van der Waals surface area contributed by atoms with E-state index in [-0.39, 0.29) is 17.5 Å². The molecular weight excluding hydrogens is 476 g/mol. The molecule has 7 nitrogen and oxygen atoms in total. The van der Waals surface area contributed by atoms with E-state index in [1.54, 1.807) is 32.9 Å². The van der Waals surface area contributed by atoms with Crippen LogP contribution in [0.2, 0.25) is 0 Å². The number of carbonyl (C=O) groups is 1. The Balaban J connectivity index is 1.36. The van der Waals surface area contributed by atoms with Crippen LogP contribution < -0.4 is 10.1 Å². The summed E-state index contributed by atoms with van der Waals surface area (Å²) in [5.41, 5.74) is 0.408. The van der Waals surface area contributed by atoms with Crippen molar-refractivity contribution in [3.8, 4) is 5.75 Å².